The number of benzene rings is 1. The Balaban J connectivity index is 2.41. The number of rotatable bonds is 10. The molecule has 0 heterocycles. The van der Waals surface area contributed by atoms with E-state index in [0.29, 0.717) is 17.7 Å². The Morgan fingerprint density at radius 2 is 1.61 bits per heavy atom. The van der Waals surface area contributed by atoms with Crippen molar-refractivity contribution in [2.24, 2.45) is 0 Å². The van der Waals surface area contributed by atoms with E-state index in [-0.39, 0.29) is 31.4 Å². The number of hydrogen-bond acceptors (Lipinski definition) is 5. The van der Waals surface area contributed by atoms with Crippen molar-refractivity contribution >= 4 is 23.8 Å². The minimum absolute atomic E-state index is 0.0679. The average Bonchev–Trinajstić information content (AvgIpc) is 2.76. The Labute approximate surface area is 183 Å². The molecule has 8 nitrogen and oxygen atoms in total. The molecule has 1 N–H and O–H groups in total. The van der Waals surface area contributed by atoms with Crippen LogP contribution >= 0.6 is 0 Å². The standard InChI is InChI=1S/C23H31N3O5/c1-7-9-17(3)18(4)31-23(29)26(6)15-14-25(5)22(28)30-16-19-10-12-20(13-11-19)24-21(27)8-2/h7,9-13H,3-4,8,14-16H2,1-2,5-6H3,(H,24,27)/b9-7-. The van der Waals surface area contributed by atoms with Crippen molar-refractivity contribution in [2.75, 3.05) is 32.5 Å². The highest BCUT2D eigenvalue weighted by Crippen LogP contribution is 2.12. The number of carbonyl (C=O) groups is 3. The largest absolute Gasteiger partial charge is 0.445 e. The number of likely N-dealkylation sites (N-methyl/N-ethyl adjacent to an activating group) is 2. The predicted octanol–water partition coefficient (Wildman–Crippen LogP) is 4.32. The molecule has 0 atom stereocenters. The molecular weight excluding hydrogens is 398 g/mol. The first-order chi connectivity index (χ1) is 14.7. The second-order valence-corrected chi connectivity index (χ2v) is 6.81. The van der Waals surface area contributed by atoms with Crippen molar-refractivity contribution < 1.29 is 23.9 Å². The SMILES string of the molecule is C=C(/C=C\C)C(=C)OC(=O)N(C)CCN(C)C(=O)OCc1ccc(NC(=O)CC)cc1. The molecule has 0 aliphatic heterocycles. The molecule has 31 heavy (non-hydrogen) atoms. The Morgan fingerprint density at radius 3 is 2.16 bits per heavy atom. The highest BCUT2D eigenvalue weighted by Gasteiger charge is 2.16. The minimum Gasteiger partial charge on any atom is -0.445 e. The maximum Gasteiger partial charge on any atom is 0.415 e. The van der Waals surface area contributed by atoms with Crippen LogP contribution in [-0.2, 0) is 20.9 Å². The summed E-state index contributed by atoms with van der Waals surface area (Å²) in [7, 11) is 3.14. The first-order valence-corrected chi connectivity index (χ1v) is 9.88. The monoisotopic (exact) mass is 429 g/mol. The lowest BCUT2D eigenvalue weighted by molar-refractivity contribution is -0.115. The fraction of sp³-hybridized carbons (Fsp3) is 0.348. The number of anilines is 1. The number of allylic oxidation sites excluding steroid dienone is 2. The van der Waals surface area contributed by atoms with E-state index in [0.717, 1.165) is 5.56 Å². The zero-order valence-electron chi connectivity index (χ0n) is 18.6. The predicted molar refractivity (Wildman–Crippen MR) is 120 cm³/mol. The van der Waals surface area contributed by atoms with Crippen molar-refractivity contribution in [3.05, 3.63) is 66.5 Å². The molecule has 0 saturated carbocycles. The average molecular weight is 430 g/mol. The van der Waals surface area contributed by atoms with Gasteiger partial charge in [-0.05, 0) is 24.6 Å². The van der Waals surface area contributed by atoms with Crippen molar-refractivity contribution in [1.82, 2.24) is 9.80 Å². The van der Waals surface area contributed by atoms with Gasteiger partial charge in [-0.25, -0.2) is 9.59 Å². The number of carbonyl (C=O) groups excluding carboxylic acids is 3. The molecule has 0 aliphatic rings. The summed E-state index contributed by atoms with van der Waals surface area (Å²) in [5.74, 6) is 0.102. The quantitative estimate of drug-likeness (QED) is 0.442. The van der Waals surface area contributed by atoms with Gasteiger partial charge in [0.15, 0.2) is 0 Å². The van der Waals surface area contributed by atoms with Crippen LogP contribution in [-0.4, -0.2) is 55.1 Å². The van der Waals surface area contributed by atoms with E-state index in [4.69, 9.17) is 9.47 Å². The summed E-state index contributed by atoms with van der Waals surface area (Å²) in [6, 6.07) is 7.05. The smallest absolute Gasteiger partial charge is 0.415 e. The Bertz CT molecular complexity index is 830. The Morgan fingerprint density at radius 1 is 1.03 bits per heavy atom. The van der Waals surface area contributed by atoms with E-state index in [1.807, 2.05) is 6.92 Å². The van der Waals surface area contributed by atoms with Crippen molar-refractivity contribution in [2.45, 2.75) is 26.9 Å². The summed E-state index contributed by atoms with van der Waals surface area (Å²) >= 11 is 0. The molecule has 1 aromatic rings. The molecule has 1 rings (SSSR count). The zero-order chi connectivity index (χ0) is 23.4. The molecule has 0 aromatic heterocycles. The highest BCUT2D eigenvalue weighted by atomic mass is 16.6. The van der Waals surface area contributed by atoms with Crippen LogP contribution in [0.5, 0.6) is 0 Å². The van der Waals surface area contributed by atoms with Crippen LogP contribution < -0.4 is 5.32 Å². The van der Waals surface area contributed by atoms with E-state index in [1.54, 1.807) is 57.4 Å². The summed E-state index contributed by atoms with van der Waals surface area (Å²) in [5.41, 5.74) is 1.98. The molecule has 0 spiro atoms. The van der Waals surface area contributed by atoms with Crippen LogP contribution in [0, 0.1) is 0 Å². The second kappa shape index (κ2) is 12.9. The fourth-order valence-corrected chi connectivity index (χ4v) is 2.21. The van der Waals surface area contributed by atoms with Gasteiger partial charge in [0.05, 0.1) is 0 Å². The van der Waals surface area contributed by atoms with Crippen LogP contribution in [0.4, 0.5) is 15.3 Å². The minimum atomic E-state index is -0.590. The number of nitrogens with one attached hydrogen (secondary N) is 1. The van der Waals surface area contributed by atoms with Gasteiger partial charge in [0.1, 0.15) is 12.4 Å². The Kier molecular flexibility index (Phi) is 10.6. The molecule has 0 unspecified atom stereocenters. The summed E-state index contributed by atoms with van der Waals surface area (Å²) in [5, 5.41) is 2.75. The summed E-state index contributed by atoms with van der Waals surface area (Å²) < 4.78 is 10.4. The second-order valence-electron chi connectivity index (χ2n) is 6.81. The third-order valence-electron chi connectivity index (χ3n) is 4.25. The maximum absolute atomic E-state index is 12.2. The van der Waals surface area contributed by atoms with Gasteiger partial charge in [-0.2, -0.15) is 0 Å². The normalized spacial score (nSPS) is 10.3. The third-order valence-corrected chi connectivity index (χ3v) is 4.25. The van der Waals surface area contributed by atoms with E-state index < -0.39 is 12.2 Å². The first-order valence-electron chi connectivity index (χ1n) is 9.88. The summed E-state index contributed by atoms with van der Waals surface area (Å²) in [6.45, 7) is 11.6. The van der Waals surface area contributed by atoms with Crippen molar-refractivity contribution in [3.63, 3.8) is 0 Å². The summed E-state index contributed by atoms with van der Waals surface area (Å²) in [4.78, 5) is 38.3. The van der Waals surface area contributed by atoms with Gasteiger partial charge in [-0.15, -0.1) is 0 Å². The van der Waals surface area contributed by atoms with Crippen LogP contribution in [0.2, 0.25) is 0 Å². The molecule has 0 aliphatic carbocycles. The molecule has 3 amide bonds. The maximum atomic E-state index is 12.2. The molecule has 168 valence electrons. The molecular formula is C23H31N3O5. The zero-order valence-corrected chi connectivity index (χ0v) is 18.6. The first kappa shape index (κ1) is 25.5. The van der Waals surface area contributed by atoms with Crippen LogP contribution in [0.3, 0.4) is 0 Å². The van der Waals surface area contributed by atoms with E-state index in [2.05, 4.69) is 18.5 Å². The van der Waals surface area contributed by atoms with Crippen LogP contribution in [0.1, 0.15) is 25.8 Å². The van der Waals surface area contributed by atoms with Gasteiger partial charge in [-0.1, -0.05) is 44.4 Å². The van der Waals surface area contributed by atoms with E-state index in [1.165, 1.54) is 9.80 Å². The molecule has 0 saturated heterocycles. The molecule has 0 bridgehead atoms. The van der Waals surface area contributed by atoms with Gasteiger partial charge in [-0.3, -0.25) is 4.79 Å². The van der Waals surface area contributed by atoms with Crippen molar-refractivity contribution in [3.8, 4) is 0 Å². The van der Waals surface area contributed by atoms with E-state index in [9.17, 15) is 14.4 Å². The molecule has 0 fully saturated rings. The molecule has 1 aromatic carbocycles. The van der Waals surface area contributed by atoms with Gasteiger partial charge < -0.3 is 24.6 Å². The highest BCUT2D eigenvalue weighted by molar-refractivity contribution is 5.90. The van der Waals surface area contributed by atoms with Crippen LogP contribution in [0.25, 0.3) is 0 Å². The van der Waals surface area contributed by atoms with Gasteiger partial charge in [0.2, 0.25) is 5.91 Å². The van der Waals surface area contributed by atoms with Crippen LogP contribution in [0.15, 0.2) is 60.9 Å². The number of nitrogens with zero attached hydrogens (tertiary/aromatic N) is 2. The van der Waals surface area contributed by atoms with Gasteiger partial charge in [0.25, 0.3) is 0 Å². The Hall–Kier alpha value is -3.55. The lowest BCUT2D eigenvalue weighted by atomic mass is 10.2. The molecule has 8 heteroatoms. The lowest BCUT2D eigenvalue weighted by Gasteiger charge is -2.22. The van der Waals surface area contributed by atoms with E-state index >= 15 is 0 Å². The topological polar surface area (TPSA) is 88.2 Å². The number of amides is 3. The van der Waals surface area contributed by atoms with Gasteiger partial charge >= 0.3 is 12.2 Å². The lowest BCUT2D eigenvalue weighted by Crippen LogP contribution is -2.37. The fourth-order valence-electron chi connectivity index (χ4n) is 2.21. The number of ether oxygens (including phenoxy) is 2. The molecule has 0 radical (unpaired) electrons. The number of hydrogen-bond donors (Lipinski definition) is 1. The van der Waals surface area contributed by atoms with Crippen molar-refractivity contribution in [1.29, 1.82) is 0 Å². The van der Waals surface area contributed by atoms with Gasteiger partial charge in [0, 0.05) is 44.9 Å². The third kappa shape index (κ3) is 9.20. The summed E-state index contributed by atoms with van der Waals surface area (Å²) in [6.07, 6.45) is 2.75.